The van der Waals surface area contributed by atoms with Crippen molar-refractivity contribution in [1.82, 2.24) is 19.7 Å². The molecule has 0 spiro atoms. The summed E-state index contributed by atoms with van der Waals surface area (Å²) in [7, 11) is 0. The molecular weight excluding hydrogens is 340 g/mol. The van der Waals surface area contributed by atoms with E-state index in [4.69, 9.17) is 4.74 Å². The lowest BCUT2D eigenvalue weighted by atomic mass is 9.94. The molecule has 0 saturated carbocycles. The van der Waals surface area contributed by atoms with Gasteiger partial charge in [-0.25, -0.2) is 4.68 Å². The molecular formula is C21H24N4O2. The molecule has 1 saturated heterocycles. The number of nitrogens with one attached hydrogen (secondary N) is 1. The number of hydrogen-bond acceptors (Lipinski definition) is 3. The summed E-state index contributed by atoms with van der Waals surface area (Å²) >= 11 is 0. The van der Waals surface area contributed by atoms with Crippen molar-refractivity contribution < 1.29 is 9.53 Å². The Morgan fingerprint density at radius 2 is 1.93 bits per heavy atom. The summed E-state index contributed by atoms with van der Waals surface area (Å²) < 4.78 is 9.47. The fourth-order valence-electron chi connectivity index (χ4n) is 3.60. The molecule has 1 aromatic carbocycles. The number of hydrogen-bond donors (Lipinski definition) is 1. The number of amides is 1. The number of nitrogens with zero attached hydrogens (tertiary/aromatic N) is 3. The summed E-state index contributed by atoms with van der Waals surface area (Å²) in [5, 5.41) is 7.67. The average molecular weight is 364 g/mol. The van der Waals surface area contributed by atoms with Crippen LogP contribution >= 0.6 is 0 Å². The number of ether oxygens (including phenoxy) is 1. The van der Waals surface area contributed by atoms with E-state index in [1.165, 1.54) is 0 Å². The summed E-state index contributed by atoms with van der Waals surface area (Å²) in [6, 6.07) is 13.8. The lowest BCUT2D eigenvalue weighted by Crippen LogP contribution is -2.45. The van der Waals surface area contributed by atoms with Gasteiger partial charge in [0.1, 0.15) is 5.56 Å². The van der Waals surface area contributed by atoms with Crippen LogP contribution < -0.4 is 5.32 Å². The smallest absolute Gasteiger partial charge is 0.256 e. The molecule has 140 valence electrons. The Morgan fingerprint density at radius 1 is 1.19 bits per heavy atom. The highest BCUT2D eigenvalue weighted by atomic mass is 16.5. The van der Waals surface area contributed by atoms with Gasteiger partial charge in [0.15, 0.2) is 5.82 Å². The SMILES string of the molecule is CC1(C)C[C@H](NC(=O)c2cnn(-c3ccccc3)c2-n2cccc2)CCO1. The number of benzene rings is 1. The van der Waals surface area contributed by atoms with Crippen LogP contribution in [0.5, 0.6) is 0 Å². The molecule has 4 rings (SSSR count). The summed E-state index contributed by atoms with van der Waals surface area (Å²) in [5.41, 5.74) is 1.25. The van der Waals surface area contributed by atoms with E-state index in [0.29, 0.717) is 12.2 Å². The fourth-order valence-corrected chi connectivity index (χ4v) is 3.60. The summed E-state index contributed by atoms with van der Waals surface area (Å²) in [6.45, 7) is 4.78. The highest BCUT2D eigenvalue weighted by molar-refractivity contribution is 5.97. The molecule has 1 aliphatic heterocycles. The zero-order chi connectivity index (χ0) is 18.9. The number of para-hydroxylation sites is 1. The number of carbonyl (C=O) groups is 1. The second-order valence-electron chi connectivity index (χ2n) is 7.49. The molecule has 3 aromatic rings. The molecule has 2 aromatic heterocycles. The van der Waals surface area contributed by atoms with Crippen LogP contribution in [0, 0.1) is 0 Å². The molecule has 1 amide bonds. The van der Waals surface area contributed by atoms with Crippen LogP contribution in [0.2, 0.25) is 0 Å². The monoisotopic (exact) mass is 364 g/mol. The third-order valence-electron chi connectivity index (χ3n) is 4.87. The normalized spacial score (nSPS) is 19.0. The lowest BCUT2D eigenvalue weighted by molar-refractivity contribution is -0.0615. The van der Waals surface area contributed by atoms with Crippen LogP contribution in [0.15, 0.2) is 61.1 Å². The standard InChI is InChI=1S/C21H24N4O2/c1-21(2)14-16(10-13-27-21)23-19(26)18-15-22-25(17-8-4-3-5-9-17)20(18)24-11-6-7-12-24/h3-9,11-12,15-16H,10,13-14H2,1-2H3,(H,23,26)/t16-/m1/s1. The van der Waals surface area contributed by atoms with E-state index in [0.717, 1.165) is 24.3 Å². The third kappa shape index (κ3) is 3.66. The van der Waals surface area contributed by atoms with Crippen LogP contribution in [-0.2, 0) is 4.74 Å². The topological polar surface area (TPSA) is 61.1 Å². The van der Waals surface area contributed by atoms with Gasteiger partial charge in [0, 0.05) is 25.0 Å². The van der Waals surface area contributed by atoms with Gasteiger partial charge >= 0.3 is 0 Å². The van der Waals surface area contributed by atoms with Crippen LogP contribution in [0.4, 0.5) is 0 Å². The van der Waals surface area contributed by atoms with Gasteiger partial charge in [0.2, 0.25) is 0 Å². The molecule has 6 heteroatoms. The number of aromatic nitrogens is 3. The minimum absolute atomic E-state index is 0.0961. The van der Waals surface area contributed by atoms with Gasteiger partial charge in [0.05, 0.1) is 17.5 Å². The van der Waals surface area contributed by atoms with Crippen molar-refractivity contribution in [3.05, 3.63) is 66.6 Å². The van der Waals surface area contributed by atoms with Crippen molar-refractivity contribution in [2.75, 3.05) is 6.61 Å². The second-order valence-corrected chi connectivity index (χ2v) is 7.49. The molecule has 0 aliphatic carbocycles. The molecule has 27 heavy (non-hydrogen) atoms. The first-order valence-electron chi connectivity index (χ1n) is 9.25. The lowest BCUT2D eigenvalue weighted by Gasteiger charge is -2.35. The molecule has 1 fully saturated rings. The van der Waals surface area contributed by atoms with Gasteiger partial charge in [-0.15, -0.1) is 0 Å². The van der Waals surface area contributed by atoms with Gasteiger partial charge in [-0.05, 0) is 51.0 Å². The fraction of sp³-hybridized carbons (Fsp3) is 0.333. The Bertz CT molecular complexity index is 913. The molecule has 1 aliphatic rings. The molecule has 0 radical (unpaired) electrons. The highest BCUT2D eigenvalue weighted by Gasteiger charge is 2.31. The van der Waals surface area contributed by atoms with Crippen molar-refractivity contribution in [3.8, 4) is 11.5 Å². The van der Waals surface area contributed by atoms with E-state index in [9.17, 15) is 4.79 Å². The first-order valence-corrected chi connectivity index (χ1v) is 9.25. The Hall–Kier alpha value is -2.86. The first kappa shape index (κ1) is 17.5. The van der Waals surface area contributed by atoms with Gasteiger partial charge in [-0.1, -0.05) is 18.2 Å². The van der Waals surface area contributed by atoms with E-state index < -0.39 is 0 Å². The average Bonchev–Trinajstić information content (AvgIpc) is 3.31. The van der Waals surface area contributed by atoms with E-state index in [2.05, 4.69) is 24.3 Å². The maximum absolute atomic E-state index is 13.1. The molecule has 6 nitrogen and oxygen atoms in total. The van der Waals surface area contributed by atoms with Gasteiger partial charge in [-0.3, -0.25) is 4.79 Å². The van der Waals surface area contributed by atoms with E-state index in [1.807, 2.05) is 59.4 Å². The Labute approximate surface area is 158 Å². The number of carbonyl (C=O) groups excluding carboxylic acids is 1. The minimum atomic E-state index is -0.215. The third-order valence-corrected chi connectivity index (χ3v) is 4.87. The van der Waals surface area contributed by atoms with Crippen molar-refractivity contribution >= 4 is 5.91 Å². The van der Waals surface area contributed by atoms with Crippen LogP contribution in [0.1, 0.15) is 37.0 Å². The van der Waals surface area contributed by atoms with Crippen LogP contribution in [0.3, 0.4) is 0 Å². The van der Waals surface area contributed by atoms with E-state index >= 15 is 0 Å². The van der Waals surface area contributed by atoms with E-state index in [1.54, 1.807) is 10.9 Å². The molecule has 1 atom stereocenters. The summed E-state index contributed by atoms with van der Waals surface area (Å²) in [6.07, 6.45) is 7.10. The molecule has 1 N–H and O–H groups in total. The quantitative estimate of drug-likeness (QED) is 0.772. The summed E-state index contributed by atoms with van der Waals surface area (Å²) in [4.78, 5) is 13.1. The molecule has 0 bridgehead atoms. The van der Waals surface area contributed by atoms with Crippen molar-refractivity contribution in [2.45, 2.75) is 38.3 Å². The van der Waals surface area contributed by atoms with E-state index in [-0.39, 0.29) is 17.6 Å². The van der Waals surface area contributed by atoms with Crippen LogP contribution in [-0.4, -0.2) is 38.5 Å². The van der Waals surface area contributed by atoms with Crippen LogP contribution in [0.25, 0.3) is 11.5 Å². The maximum Gasteiger partial charge on any atom is 0.256 e. The molecule has 0 unspecified atom stereocenters. The molecule has 3 heterocycles. The Kier molecular flexibility index (Phi) is 4.58. The zero-order valence-electron chi connectivity index (χ0n) is 15.6. The van der Waals surface area contributed by atoms with Crippen molar-refractivity contribution in [3.63, 3.8) is 0 Å². The summed E-state index contributed by atoms with van der Waals surface area (Å²) in [5.74, 6) is 0.624. The Morgan fingerprint density at radius 3 is 2.63 bits per heavy atom. The first-order chi connectivity index (χ1) is 13.0. The Balaban J connectivity index is 1.67. The van der Waals surface area contributed by atoms with Crippen molar-refractivity contribution in [1.29, 1.82) is 0 Å². The predicted octanol–water partition coefficient (Wildman–Crippen LogP) is 3.35. The predicted molar refractivity (Wildman–Crippen MR) is 103 cm³/mol. The number of rotatable bonds is 4. The van der Waals surface area contributed by atoms with Crippen molar-refractivity contribution in [2.24, 2.45) is 0 Å². The maximum atomic E-state index is 13.1. The van der Waals surface area contributed by atoms with Gasteiger partial charge in [0.25, 0.3) is 5.91 Å². The largest absolute Gasteiger partial charge is 0.375 e. The van der Waals surface area contributed by atoms with Gasteiger partial charge < -0.3 is 14.6 Å². The highest BCUT2D eigenvalue weighted by Crippen LogP contribution is 2.25. The zero-order valence-corrected chi connectivity index (χ0v) is 15.6. The van der Waals surface area contributed by atoms with Gasteiger partial charge in [-0.2, -0.15) is 5.10 Å². The second kappa shape index (κ2) is 7.04. The minimum Gasteiger partial charge on any atom is -0.375 e.